The average Bonchev–Trinajstić information content (AvgIpc) is 2.85. The third-order valence-electron chi connectivity index (χ3n) is 4.28. The van der Waals surface area contributed by atoms with Gasteiger partial charge >= 0.3 is 5.76 Å². The molecular weight excluding hydrogens is 306 g/mol. The van der Waals surface area contributed by atoms with E-state index in [2.05, 4.69) is 37.9 Å². The van der Waals surface area contributed by atoms with Crippen molar-refractivity contribution in [2.24, 2.45) is 0 Å². The number of amides is 1. The summed E-state index contributed by atoms with van der Waals surface area (Å²) in [5.74, 6) is -0.694. The predicted molar refractivity (Wildman–Crippen MR) is 95.2 cm³/mol. The summed E-state index contributed by atoms with van der Waals surface area (Å²) in [7, 11) is 0. The largest absolute Gasteiger partial charge is 0.420 e. The Balaban J connectivity index is 2.04. The van der Waals surface area contributed by atoms with Gasteiger partial charge in [-0.15, -0.1) is 0 Å². The number of aromatic nitrogens is 1. The maximum absolute atomic E-state index is 12.4. The van der Waals surface area contributed by atoms with Gasteiger partial charge in [0, 0.05) is 25.2 Å². The van der Waals surface area contributed by atoms with E-state index in [1.54, 1.807) is 25.1 Å². The Morgan fingerprint density at radius 3 is 2.42 bits per heavy atom. The van der Waals surface area contributed by atoms with Crippen LogP contribution < -0.4 is 11.1 Å². The van der Waals surface area contributed by atoms with Crippen molar-refractivity contribution in [3.8, 4) is 0 Å². The van der Waals surface area contributed by atoms with Crippen molar-refractivity contribution in [2.45, 2.75) is 52.7 Å². The van der Waals surface area contributed by atoms with Crippen molar-refractivity contribution in [3.63, 3.8) is 0 Å². The Labute approximate surface area is 142 Å². The highest BCUT2D eigenvalue weighted by molar-refractivity contribution is 5.82. The zero-order valence-electron chi connectivity index (χ0n) is 15.1. The van der Waals surface area contributed by atoms with Crippen molar-refractivity contribution in [3.05, 3.63) is 34.8 Å². The third-order valence-corrected chi connectivity index (χ3v) is 4.28. The number of nitrogens with zero attached hydrogens (tertiary/aromatic N) is 2. The number of carbonyl (C=O) groups excluding carboxylic acids is 1. The molecular formula is C18H27N3O3. The van der Waals surface area contributed by atoms with E-state index >= 15 is 0 Å². The number of hydrogen-bond donors (Lipinski definition) is 1. The van der Waals surface area contributed by atoms with Gasteiger partial charge in [0.2, 0.25) is 5.91 Å². The number of fused-ring (bicyclic) bond motifs is 1. The summed E-state index contributed by atoms with van der Waals surface area (Å²) in [6.07, 6.45) is 0. The fourth-order valence-electron chi connectivity index (χ4n) is 3.04. The minimum Gasteiger partial charge on any atom is -0.408 e. The Hall–Kier alpha value is -2.08. The number of rotatable bonds is 7. The lowest BCUT2D eigenvalue weighted by molar-refractivity contribution is -0.124. The van der Waals surface area contributed by atoms with Crippen LogP contribution in [0.2, 0.25) is 0 Å². The lowest BCUT2D eigenvalue weighted by atomic mass is 10.2. The van der Waals surface area contributed by atoms with Gasteiger partial charge in [-0.1, -0.05) is 12.1 Å². The van der Waals surface area contributed by atoms with Gasteiger partial charge in [0.25, 0.3) is 0 Å². The molecule has 0 aliphatic rings. The number of para-hydroxylation sites is 2. The topological polar surface area (TPSA) is 67.5 Å². The molecule has 0 aliphatic heterocycles. The number of oxazole rings is 1. The van der Waals surface area contributed by atoms with Crippen LogP contribution in [0.3, 0.4) is 0 Å². The molecule has 2 aromatic rings. The molecule has 0 aliphatic carbocycles. The highest BCUT2D eigenvalue weighted by atomic mass is 16.4. The molecule has 132 valence electrons. The molecule has 0 fully saturated rings. The van der Waals surface area contributed by atoms with E-state index in [1.165, 1.54) is 4.57 Å². The molecule has 0 saturated heterocycles. The quantitative estimate of drug-likeness (QED) is 0.845. The summed E-state index contributed by atoms with van der Waals surface area (Å²) in [6, 6.07) is 7.34. The van der Waals surface area contributed by atoms with Crippen molar-refractivity contribution in [2.75, 3.05) is 13.1 Å². The maximum atomic E-state index is 12.4. The van der Waals surface area contributed by atoms with E-state index in [1.807, 2.05) is 6.07 Å². The molecule has 1 unspecified atom stereocenters. The van der Waals surface area contributed by atoms with Crippen LogP contribution in [0.15, 0.2) is 33.5 Å². The minimum absolute atomic E-state index is 0.184. The normalized spacial score (nSPS) is 13.2. The molecule has 0 saturated carbocycles. The molecule has 1 aromatic heterocycles. The molecule has 1 N–H and O–H groups in total. The highest BCUT2D eigenvalue weighted by Gasteiger charge is 2.21. The smallest absolute Gasteiger partial charge is 0.408 e. The standard InChI is InChI=1S/C18H27N3O3/c1-12(2)20(13(3)4)11-10-19-17(22)14(5)21-15-8-6-7-9-16(15)24-18(21)23/h6-9,12-14H,10-11H2,1-5H3,(H,19,22). The third kappa shape index (κ3) is 3.87. The lowest BCUT2D eigenvalue weighted by Crippen LogP contribution is -2.44. The van der Waals surface area contributed by atoms with Crippen LogP contribution in [0, 0.1) is 0 Å². The number of hydrogen-bond acceptors (Lipinski definition) is 4. The fraction of sp³-hybridized carbons (Fsp3) is 0.556. The van der Waals surface area contributed by atoms with Crippen LogP contribution in [-0.4, -0.2) is 40.5 Å². The molecule has 1 heterocycles. The van der Waals surface area contributed by atoms with E-state index in [4.69, 9.17) is 4.42 Å². The zero-order chi connectivity index (χ0) is 17.9. The van der Waals surface area contributed by atoms with E-state index in [-0.39, 0.29) is 5.91 Å². The first-order valence-electron chi connectivity index (χ1n) is 8.46. The molecule has 2 rings (SSSR count). The molecule has 24 heavy (non-hydrogen) atoms. The second-order valence-corrected chi connectivity index (χ2v) is 6.60. The Kier molecular flexibility index (Phi) is 5.83. The number of carbonyl (C=O) groups is 1. The summed E-state index contributed by atoms with van der Waals surface area (Å²) in [5, 5.41) is 2.92. The van der Waals surface area contributed by atoms with Crippen LogP contribution in [-0.2, 0) is 4.79 Å². The Morgan fingerprint density at radius 1 is 1.17 bits per heavy atom. The number of nitrogens with one attached hydrogen (secondary N) is 1. The van der Waals surface area contributed by atoms with Gasteiger partial charge in [-0.3, -0.25) is 14.3 Å². The van der Waals surface area contributed by atoms with Crippen molar-refractivity contribution >= 4 is 17.0 Å². The maximum Gasteiger partial charge on any atom is 0.420 e. The van der Waals surface area contributed by atoms with Crippen LogP contribution >= 0.6 is 0 Å². The monoisotopic (exact) mass is 333 g/mol. The van der Waals surface area contributed by atoms with E-state index < -0.39 is 11.8 Å². The molecule has 6 nitrogen and oxygen atoms in total. The molecule has 0 spiro atoms. The summed E-state index contributed by atoms with van der Waals surface area (Å²) in [6.45, 7) is 11.6. The van der Waals surface area contributed by atoms with E-state index in [0.29, 0.717) is 29.7 Å². The zero-order valence-corrected chi connectivity index (χ0v) is 15.1. The molecule has 0 radical (unpaired) electrons. The highest BCUT2D eigenvalue weighted by Crippen LogP contribution is 2.16. The summed E-state index contributed by atoms with van der Waals surface area (Å²) < 4.78 is 6.59. The molecule has 1 atom stereocenters. The summed E-state index contributed by atoms with van der Waals surface area (Å²) >= 11 is 0. The average molecular weight is 333 g/mol. The van der Waals surface area contributed by atoms with Gasteiger partial charge in [-0.2, -0.15) is 0 Å². The van der Waals surface area contributed by atoms with Crippen LogP contribution in [0.4, 0.5) is 0 Å². The van der Waals surface area contributed by atoms with E-state index in [9.17, 15) is 9.59 Å². The first-order valence-corrected chi connectivity index (χ1v) is 8.46. The Bertz CT molecular complexity index is 737. The molecule has 1 aromatic carbocycles. The van der Waals surface area contributed by atoms with Crippen LogP contribution in [0.25, 0.3) is 11.1 Å². The van der Waals surface area contributed by atoms with Gasteiger partial charge < -0.3 is 9.73 Å². The van der Waals surface area contributed by atoms with Crippen molar-refractivity contribution in [1.29, 1.82) is 0 Å². The molecule has 6 heteroatoms. The van der Waals surface area contributed by atoms with Gasteiger partial charge in [0.1, 0.15) is 6.04 Å². The second kappa shape index (κ2) is 7.66. The summed E-state index contributed by atoms with van der Waals surface area (Å²) in [4.78, 5) is 26.8. The first-order chi connectivity index (χ1) is 11.3. The SMILES string of the molecule is CC(C)N(CCNC(=O)C(C)n1c(=O)oc2ccccc21)C(C)C. The minimum atomic E-state index is -0.618. The van der Waals surface area contributed by atoms with Gasteiger partial charge in [-0.05, 0) is 46.8 Å². The van der Waals surface area contributed by atoms with Crippen LogP contribution in [0.5, 0.6) is 0 Å². The van der Waals surface area contributed by atoms with Crippen molar-refractivity contribution in [1.82, 2.24) is 14.8 Å². The van der Waals surface area contributed by atoms with Gasteiger partial charge in [-0.25, -0.2) is 4.79 Å². The fourth-order valence-corrected chi connectivity index (χ4v) is 3.04. The first kappa shape index (κ1) is 18.3. The van der Waals surface area contributed by atoms with Crippen molar-refractivity contribution < 1.29 is 9.21 Å². The molecule has 1 amide bonds. The van der Waals surface area contributed by atoms with Gasteiger partial charge in [0.15, 0.2) is 5.58 Å². The molecule has 0 bridgehead atoms. The number of benzene rings is 1. The predicted octanol–water partition coefficient (Wildman–Crippen LogP) is 2.39. The van der Waals surface area contributed by atoms with E-state index in [0.717, 1.165) is 6.54 Å². The second-order valence-electron chi connectivity index (χ2n) is 6.60. The van der Waals surface area contributed by atoms with Crippen LogP contribution in [0.1, 0.15) is 40.7 Å². The Morgan fingerprint density at radius 2 is 1.79 bits per heavy atom. The summed E-state index contributed by atoms with van der Waals surface area (Å²) in [5.41, 5.74) is 1.13. The lowest BCUT2D eigenvalue weighted by Gasteiger charge is -2.30. The van der Waals surface area contributed by atoms with Gasteiger partial charge in [0.05, 0.1) is 5.52 Å².